The van der Waals surface area contributed by atoms with Gasteiger partial charge < -0.3 is 42.8 Å². The van der Waals surface area contributed by atoms with Crippen LogP contribution < -0.4 is 32.7 Å². The van der Waals surface area contributed by atoms with Gasteiger partial charge in [-0.3, -0.25) is 24.0 Å². The van der Waals surface area contributed by atoms with Gasteiger partial charge in [-0.1, -0.05) is 13.8 Å². The van der Waals surface area contributed by atoms with Crippen molar-refractivity contribution in [2.24, 2.45) is 17.4 Å². The Hall–Kier alpha value is -4.01. The zero-order valence-electron chi connectivity index (χ0n) is 21.2. The topological polar surface area (TPSA) is 251 Å². The van der Waals surface area contributed by atoms with E-state index in [1.165, 1.54) is 26.4 Å². The molecular weight excluding hydrogens is 488 g/mol. The van der Waals surface area contributed by atoms with Crippen molar-refractivity contribution >= 4 is 35.5 Å². The third-order valence-electron chi connectivity index (χ3n) is 5.18. The number of carboxylic acid groups (broad SMARTS) is 1. The second kappa shape index (κ2) is 14.5. The zero-order chi connectivity index (χ0) is 28.3. The molecule has 1 rings (SSSR count). The Bertz CT molecular complexity index is 966. The van der Waals surface area contributed by atoms with E-state index in [1.54, 1.807) is 0 Å². The van der Waals surface area contributed by atoms with Gasteiger partial charge in [-0.05, 0) is 26.2 Å². The predicted molar refractivity (Wildman–Crippen MR) is 130 cm³/mol. The maximum atomic E-state index is 12.9. The summed E-state index contributed by atoms with van der Waals surface area (Å²) in [4.78, 5) is 79.2. The largest absolute Gasteiger partial charge is 0.480 e. The lowest BCUT2D eigenvalue weighted by molar-refractivity contribution is -0.142. The molecule has 0 aliphatic heterocycles. The lowest BCUT2D eigenvalue weighted by Gasteiger charge is -2.25. The van der Waals surface area contributed by atoms with Gasteiger partial charge in [0, 0.05) is 12.6 Å². The first-order valence-corrected chi connectivity index (χ1v) is 11.7. The van der Waals surface area contributed by atoms with Crippen LogP contribution in [0.15, 0.2) is 12.5 Å². The number of nitrogens with zero attached hydrogens (tertiary/aromatic N) is 1. The number of hydrogen-bond donors (Lipinski definition) is 8. The minimum atomic E-state index is -1.27. The van der Waals surface area contributed by atoms with Gasteiger partial charge in [0.2, 0.25) is 29.5 Å². The van der Waals surface area contributed by atoms with E-state index in [1.807, 2.05) is 13.8 Å². The number of aromatic amines is 1. The molecule has 5 amide bonds. The van der Waals surface area contributed by atoms with E-state index in [0.29, 0.717) is 5.69 Å². The number of nitrogens with one attached hydrogen (secondary N) is 5. The van der Waals surface area contributed by atoms with Crippen molar-refractivity contribution in [1.29, 1.82) is 0 Å². The van der Waals surface area contributed by atoms with Crippen LogP contribution in [-0.2, 0) is 35.2 Å². The molecule has 15 nitrogen and oxygen atoms in total. The van der Waals surface area contributed by atoms with Crippen molar-refractivity contribution in [3.05, 3.63) is 18.2 Å². The van der Waals surface area contributed by atoms with Crippen molar-refractivity contribution in [2.75, 3.05) is 0 Å². The summed E-state index contributed by atoms with van der Waals surface area (Å²) in [6.45, 7) is 6.39. The molecule has 0 radical (unpaired) electrons. The number of carbonyl (C=O) groups excluding carboxylic acids is 5. The fraction of sp³-hybridized carbons (Fsp3) is 0.591. The molecule has 0 spiro atoms. The quantitative estimate of drug-likeness (QED) is 0.118. The molecule has 1 aromatic rings. The molecule has 5 atom stereocenters. The molecule has 0 saturated carbocycles. The van der Waals surface area contributed by atoms with Crippen molar-refractivity contribution in [3.63, 3.8) is 0 Å². The fourth-order valence-electron chi connectivity index (χ4n) is 3.18. The molecule has 10 N–H and O–H groups in total. The number of carboxylic acids is 1. The molecule has 15 heteroatoms. The lowest BCUT2D eigenvalue weighted by Crippen LogP contribution is -2.57. The summed E-state index contributed by atoms with van der Waals surface area (Å²) in [6.07, 6.45) is 2.63. The summed E-state index contributed by atoms with van der Waals surface area (Å²) in [7, 11) is 0. The maximum absolute atomic E-state index is 12.9. The lowest BCUT2D eigenvalue weighted by atomic mass is 10.0. The van der Waals surface area contributed by atoms with E-state index in [-0.39, 0.29) is 18.8 Å². The normalized spacial score (nSPS) is 15.0. The number of rotatable bonds is 15. The molecular formula is C22H36N8O7. The average molecular weight is 525 g/mol. The number of primary amides is 1. The molecule has 0 unspecified atom stereocenters. The molecule has 1 heterocycles. The highest BCUT2D eigenvalue weighted by molar-refractivity contribution is 5.95. The van der Waals surface area contributed by atoms with Gasteiger partial charge in [0.05, 0.1) is 24.5 Å². The third-order valence-corrected chi connectivity index (χ3v) is 5.18. The Balaban J connectivity index is 2.77. The highest BCUT2D eigenvalue weighted by Crippen LogP contribution is 2.07. The van der Waals surface area contributed by atoms with Crippen LogP contribution in [0.25, 0.3) is 0 Å². The minimum absolute atomic E-state index is 0.0284. The molecule has 206 valence electrons. The van der Waals surface area contributed by atoms with Gasteiger partial charge >= 0.3 is 5.97 Å². The molecule has 0 aliphatic carbocycles. The number of H-pyrrole nitrogens is 1. The Morgan fingerprint density at radius 3 is 1.89 bits per heavy atom. The second-order valence-electron chi connectivity index (χ2n) is 9.09. The number of aromatic nitrogens is 2. The van der Waals surface area contributed by atoms with Gasteiger partial charge in [-0.25, -0.2) is 9.78 Å². The van der Waals surface area contributed by atoms with Crippen LogP contribution >= 0.6 is 0 Å². The number of carbonyl (C=O) groups is 6. The van der Waals surface area contributed by atoms with E-state index >= 15 is 0 Å². The van der Waals surface area contributed by atoms with Crippen LogP contribution in [0.5, 0.6) is 0 Å². The summed E-state index contributed by atoms with van der Waals surface area (Å²) >= 11 is 0. The first-order valence-electron chi connectivity index (χ1n) is 11.7. The highest BCUT2D eigenvalue weighted by Gasteiger charge is 2.30. The van der Waals surface area contributed by atoms with Crippen molar-refractivity contribution in [2.45, 2.75) is 77.2 Å². The molecule has 0 aromatic carbocycles. The first-order chi connectivity index (χ1) is 17.2. The smallest absolute Gasteiger partial charge is 0.326 e. The summed E-state index contributed by atoms with van der Waals surface area (Å²) in [5.41, 5.74) is 11.0. The minimum Gasteiger partial charge on any atom is -0.480 e. The van der Waals surface area contributed by atoms with E-state index < -0.39 is 72.1 Å². The van der Waals surface area contributed by atoms with Gasteiger partial charge in [-0.2, -0.15) is 0 Å². The van der Waals surface area contributed by atoms with Crippen LogP contribution in [0.1, 0.15) is 46.2 Å². The number of hydrogen-bond acceptors (Lipinski definition) is 8. The van der Waals surface area contributed by atoms with E-state index in [2.05, 4.69) is 31.2 Å². The zero-order valence-corrected chi connectivity index (χ0v) is 21.2. The molecule has 37 heavy (non-hydrogen) atoms. The maximum Gasteiger partial charge on any atom is 0.326 e. The van der Waals surface area contributed by atoms with Crippen molar-refractivity contribution < 1.29 is 33.9 Å². The predicted octanol–water partition coefficient (Wildman–Crippen LogP) is -2.74. The van der Waals surface area contributed by atoms with Crippen LogP contribution in [0.4, 0.5) is 0 Å². The van der Waals surface area contributed by atoms with Crippen LogP contribution in [0.3, 0.4) is 0 Å². The van der Waals surface area contributed by atoms with Gasteiger partial charge in [0.15, 0.2) is 0 Å². The van der Waals surface area contributed by atoms with Crippen LogP contribution in [-0.4, -0.2) is 80.8 Å². The number of aliphatic carboxylic acids is 1. The standard InChI is InChI=1S/C22H36N8O7/c1-10(2)5-15(29-18(32)11(3)27-20(34)14(23)7-17(24)31)21(35)28-12(4)19(33)30-16(22(36)37)6-13-8-25-9-26-13/h8-12,14-16H,5-7,23H2,1-4H3,(H2,24,31)(H,25,26)(H,27,34)(H,28,35)(H,29,32)(H,30,33)(H,36,37)/t11-,12-,14-,15-,16-/m0/s1. The summed E-state index contributed by atoms with van der Waals surface area (Å²) in [5, 5.41) is 19.1. The van der Waals surface area contributed by atoms with Crippen LogP contribution in [0, 0.1) is 5.92 Å². The molecule has 0 saturated heterocycles. The van der Waals surface area contributed by atoms with Gasteiger partial charge in [-0.15, -0.1) is 0 Å². The Morgan fingerprint density at radius 2 is 1.43 bits per heavy atom. The van der Waals surface area contributed by atoms with E-state index in [4.69, 9.17) is 11.5 Å². The summed E-state index contributed by atoms with van der Waals surface area (Å²) in [5.74, 6) is -4.95. The first kappa shape index (κ1) is 31.0. The highest BCUT2D eigenvalue weighted by atomic mass is 16.4. The Morgan fingerprint density at radius 1 is 0.892 bits per heavy atom. The monoisotopic (exact) mass is 524 g/mol. The van der Waals surface area contributed by atoms with E-state index in [0.717, 1.165) is 0 Å². The number of imidazole rings is 1. The number of amides is 5. The molecule has 0 fully saturated rings. The third kappa shape index (κ3) is 11.1. The summed E-state index contributed by atoms with van der Waals surface area (Å²) < 4.78 is 0. The van der Waals surface area contributed by atoms with Crippen molar-refractivity contribution in [3.8, 4) is 0 Å². The Labute approximate surface area is 213 Å². The second-order valence-corrected chi connectivity index (χ2v) is 9.09. The SMILES string of the molecule is CC(C)C[C@H](NC(=O)[C@H](C)NC(=O)[C@@H](N)CC(N)=O)C(=O)N[C@@H](C)C(=O)N[C@@H](Cc1c[nH]cn1)C(=O)O. The molecule has 0 aliphatic rings. The molecule has 1 aromatic heterocycles. The van der Waals surface area contributed by atoms with E-state index in [9.17, 15) is 33.9 Å². The fourth-order valence-corrected chi connectivity index (χ4v) is 3.18. The Kier molecular flexibility index (Phi) is 12.2. The van der Waals surface area contributed by atoms with Crippen LogP contribution in [0.2, 0.25) is 0 Å². The van der Waals surface area contributed by atoms with Crippen molar-refractivity contribution in [1.82, 2.24) is 31.2 Å². The molecule has 0 bridgehead atoms. The average Bonchev–Trinajstić information content (AvgIpc) is 3.30. The van der Waals surface area contributed by atoms with Gasteiger partial charge in [0.25, 0.3) is 0 Å². The van der Waals surface area contributed by atoms with Gasteiger partial charge in [0.1, 0.15) is 24.2 Å². The number of nitrogens with two attached hydrogens (primary N) is 2. The summed E-state index contributed by atoms with van der Waals surface area (Å²) in [6, 6.07) is -5.77.